The van der Waals surface area contributed by atoms with Crippen molar-refractivity contribution in [3.63, 3.8) is 0 Å². The van der Waals surface area contributed by atoms with Crippen LogP contribution >= 0.6 is 0 Å². The summed E-state index contributed by atoms with van der Waals surface area (Å²) in [4.78, 5) is 10.5. The zero-order valence-corrected chi connectivity index (χ0v) is 14.8. The maximum atomic E-state index is 10.5. The summed E-state index contributed by atoms with van der Waals surface area (Å²) in [6, 6.07) is 0. The number of aliphatic hydroxyl groups is 1. The zero-order valence-electron chi connectivity index (χ0n) is 14.8. The van der Waals surface area contributed by atoms with Crippen LogP contribution in [0.3, 0.4) is 0 Å². The van der Waals surface area contributed by atoms with Crippen LogP contribution in [0, 0.1) is 5.41 Å². The van der Waals surface area contributed by atoms with Gasteiger partial charge >= 0.3 is 5.97 Å². The third-order valence-corrected chi connectivity index (χ3v) is 4.15. The molecule has 0 saturated heterocycles. The predicted octanol–water partition coefficient (Wildman–Crippen LogP) is 5.49. The Morgan fingerprint density at radius 2 is 1.78 bits per heavy atom. The molecule has 3 heteroatoms. The first-order valence-corrected chi connectivity index (χ1v) is 8.01. The number of allylic oxidation sites excluding steroid dienone is 8. The summed E-state index contributed by atoms with van der Waals surface area (Å²) in [5.41, 5.74) is 3.91. The molecule has 1 aliphatic rings. The Morgan fingerprint density at radius 3 is 2.35 bits per heavy atom. The normalized spacial score (nSPS) is 20.3. The molecule has 2 N–H and O–H groups in total. The number of hydrogen-bond donors (Lipinski definition) is 2. The minimum atomic E-state index is -0.952. The molecule has 0 spiro atoms. The quantitative estimate of drug-likeness (QED) is 0.400. The zero-order chi connectivity index (χ0) is 17.6. The van der Waals surface area contributed by atoms with Crippen molar-refractivity contribution in [1.82, 2.24) is 0 Å². The molecule has 0 heterocycles. The van der Waals surface area contributed by atoms with Gasteiger partial charge in [0.1, 0.15) is 5.76 Å². The van der Waals surface area contributed by atoms with Gasteiger partial charge in [0, 0.05) is 6.08 Å². The van der Waals surface area contributed by atoms with Crippen LogP contribution in [0.4, 0.5) is 0 Å². The fourth-order valence-electron chi connectivity index (χ4n) is 3.12. The van der Waals surface area contributed by atoms with E-state index in [1.807, 2.05) is 13.0 Å². The lowest BCUT2D eigenvalue weighted by atomic mass is 9.72. The molecule has 0 amide bonds. The molecule has 1 rings (SSSR count). The van der Waals surface area contributed by atoms with Crippen LogP contribution in [0.25, 0.3) is 0 Å². The molecule has 23 heavy (non-hydrogen) atoms. The van der Waals surface area contributed by atoms with Crippen LogP contribution in [-0.4, -0.2) is 16.2 Å². The largest absolute Gasteiger partial charge is 0.508 e. The molecule has 0 aliphatic heterocycles. The summed E-state index contributed by atoms with van der Waals surface area (Å²) in [6.07, 6.45) is 11.6. The topological polar surface area (TPSA) is 57.5 Å². The second-order valence-corrected chi connectivity index (χ2v) is 6.92. The molecule has 0 radical (unpaired) electrons. The van der Waals surface area contributed by atoms with E-state index in [0.29, 0.717) is 11.3 Å². The monoisotopic (exact) mass is 316 g/mol. The number of aliphatic carboxylic acids is 1. The average molecular weight is 316 g/mol. The molecule has 0 aromatic heterocycles. The van der Waals surface area contributed by atoms with Crippen molar-refractivity contribution in [2.75, 3.05) is 0 Å². The summed E-state index contributed by atoms with van der Waals surface area (Å²) in [7, 11) is 0. The van der Waals surface area contributed by atoms with Crippen molar-refractivity contribution >= 4 is 5.97 Å². The van der Waals surface area contributed by atoms with Crippen molar-refractivity contribution in [2.24, 2.45) is 5.41 Å². The van der Waals surface area contributed by atoms with Crippen molar-refractivity contribution in [3.05, 3.63) is 58.4 Å². The molecule has 0 fully saturated rings. The molecule has 0 aromatic carbocycles. The van der Waals surface area contributed by atoms with Crippen LogP contribution in [-0.2, 0) is 4.79 Å². The highest BCUT2D eigenvalue weighted by molar-refractivity contribution is 5.81. The van der Waals surface area contributed by atoms with Gasteiger partial charge in [0.2, 0.25) is 0 Å². The van der Waals surface area contributed by atoms with Crippen LogP contribution in [0.5, 0.6) is 0 Å². The van der Waals surface area contributed by atoms with Crippen molar-refractivity contribution < 1.29 is 15.0 Å². The Bertz CT molecular complexity index is 611. The second kappa shape index (κ2) is 8.00. The first-order chi connectivity index (χ1) is 10.6. The second-order valence-electron chi connectivity index (χ2n) is 6.92. The number of carbonyl (C=O) groups is 1. The Balaban J connectivity index is 2.95. The van der Waals surface area contributed by atoms with Crippen LogP contribution in [0.1, 0.15) is 53.9 Å². The van der Waals surface area contributed by atoms with Gasteiger partial charge in [-0.05, 0) is 68.2 Å². The van der Waals surface area contributed by atoms with Gasteiger partial charge in [-0.2, -0.15) is 0 Å². The molecular weight excluding hydrogens is 288 g/mol. The number of rotatable bonds is 5. The minimum absolute atomic E-state index is 0.000149. The van der Waals surface area contributed by atoms with Crippen molar-refractivity contribution in [1.29, 1.82) is 0 Å². The number of carboxylic acid groups (broad SMARTS) is 1. The molecule has 0 unspecified atom stereocenters. The third kappa shape index (κ3) is 5.93. The van der Waals surface area contributed by atoms with Crippen molar-refractivity contribution in [2.45, 2.75) is 53.9 Å². The first kappa shape index (κ1) is 19.0. The van der Waals surface area contributed by atoms with Crippen LogP contribution in [0.15, 0.2) is 58.4 Å². The highest BCUT2D eigenvalue weighted by Gasteiger charge is 2.30. The van der Waals surface area contributed by atoms with Gasteiger partial charge < -0.3 is 10.2 Å². The fourth-order valence-corrected chi connectivity index (χ4v) is 3.12. The van der Waals surface area contributed by atoms with Gasteiger partial charge in [0.15, 0.2) is 0 Å². The van der Waals surface area contributed by atoms with E-state index in [4.69, 9.17) is 5.11 Å². The van der Waals surface area contributed by atoms with Gasteiger partial charge in [-0.1, -0.05) is 37.6 Å². The molecule has 126 valence electrons. The maximum Gasteiger partial charge on any atom is 0.328 e. The van der Waals surface area contributed by atoms with E-state index in [0.717, 1.165) is 30.1 Å². The van der Waals surface area contributed by atoms with E-state index < -0.39 is 5.97 Å². The molecule has 1 aliphatic carbocycles. The Labute approximate surface area is 139 Å². The summed E-state index contributed by atoms with van der Waals surface area (Å²) in [6.45, 7) is 10.1. The third-order valence-electron chi connectivity index (χ3n) is 4.15. The standard InChI is InChI=1S/C20H28O3/c1-14(8-6-9-15(2)13-18(22)23)12-17(21)19-16(3)10-7-11-20(19,4)5/h6,8-9,12-13,21H,7,10-11H2,1-5H3,(H,22,23)/b9-6+,14-8+,15-13+,17-12+. The number of carboxylic acids is 1. The molecule has 0 bridgehead atoms. The summed E-state index contributed by atoms with van der Waals surface area (Å²) >= 11 is 0. The van der Waals surface area contributed by atoms with E-state index in [9.17, 15) is 9.90 Å². The molecule has 0 saturated carbocycles. The summed E-state index contributed by atoms with van der Waals surface area (Å²) < 4.78 is 0. The summed E-state index contributed by atoms with van der Waals surface area (Å²) in [5.74, 6) is -0.612. The van der Waals surface area contributed by atoms with Gasteiger partial charge in [0.25, 0.3) is 0 Å². The van der Waals surface area contributed by atoms with E-state index in [1.165, 1.54) is 12.0 Å². The van der Waals surface area contributed by atoms with E-state index in [1.54, 1.807) is 25.2 Å². The van der Waals surface area contributed by atoms with Crippen LogP contribution in [0.2, 0.25) is 0 Å². The van der Waals surface area contributed by atoms with E-state index >= 15 is 0 Å². The van der Waals surface area contributed by atoms with Gasteiger partial charge in [-0.25, -0.2) is 4.79 Å². The van der Waals surface area contributed by atoms with E-state index in [-0.39, 0.29) is 5.41 Å². The molecule has 3 nitrogen and oxygen atoms in total. The minimum Gasteiger partial charge on any atom is -0.508 e. The summed E-state index contributed by atoms with van der Waals surface area (Å²) in [5, 5.41) is 19.2. The smallest absolute Gasteiger partial charge is 0.328 e. The van der Waals surface area contributed by atoms with Gasteiger partial charge in [-0.3, -0.25) is 0 Å². The lowest BCUT2D eigenvalue weighted by Gasteiger charge is -2.34. The maximum absolute atomic E-state index is 10.5. The first-order valence-electron chi connectivity index (χ1n) is 8.01. The van der Waals surface area contributed by atoms with Gasteiger partial charge in [-0.15, -0.1) is 0 Å². The number of aliphatic hydroxyl groups excluding tert-OH is 1. The Kier molecular flexibility index (Phi) is 6.62. The predicted molar refractivity (Wildman–Crippen MR) is 95.3 cm³/mol. The van der Waals surface area contributed by atoms with E-state index in [2.05, 4.69) is 20.8 Å². The lowest BCUT2D eigenvalue weighted by molar-refractivity contribution is -0.131. The van der Waals surface area contributed by atoms with Gasteiger partial charge in [0.05, 0.1) is 0 Å². The van der Waals surface area contributed by atoms with Crippen molar-refractivity contribution in [3.8, 4) is 0 Å². The molecule has 0 atom stereocenters. The van der Waals surface area contributed by atoms with Crippen LogP contribution < -0.4 is 0 Å². The highest BCUT2D eigenvalue weighted by Crippen LogP contribution is 2.43. The fraction of sp³-hybridized carbons (Fsp3) is 0.450. The molecule has 0 aromatic rings. The lowest BCUT2D eigenvalue weighted by Crippen LogP contribution is -2.21. The average Bonchev–Trinajstić information content (AvgIpc) is 2.35. The number of hydrogen-bond acceptors (Lipinski definition) is 2. The highest BCUT2D eigenvalue weighted by atomic mass is 16.4. The SMILES string of the molecule is CC1=C(\C(O)=C/C(C)=C/C=C/C(C)=C/C(=O)O)C(C)(C)CCC1. The molecular formula is C20H28O3. The Morgan fingerprint density at radius 1 is 1.13 bits per heavy atom. The Hall–Kier alpha value is -2.03.